The SMILES string of the molecule is Brc1nc2c(s1)CCc1ccccc1-2. The van der Waals surface area contributed by atoms with E-state index in [1.807, 2.05) is 0 Å². The second-order valence-corrected chi connectivity index (χ2v) is 5.76. The van der Waals surface area contributed by atoms with E-state index in [0.29, 0.717) is 0 Å². The molecule has 70 valence electrons. The lowest BCUT2D eigenvalue weighted by Crippen LogP contribution is -2.01. The van der Waals surface area contributed by atoms with Crippen LogP contribution in [0.4, 0.5) is 0 Å². The summed E-state index contributed by atoms with van der Waals surface area (Å²) in [4.78, 5) is 5.94. The number of hydrogen-bond donors (Lipinski definition) is 0. The van der Waals surface area contributed by atoms with Crippen LogP contribution in [0.5, 0.6) is 0 Å². The molecule has 0 atom stereocenters. The normalized spacial score (nSPS) is 13.5. The van der Waals surface area contributed by atoms with Crippen LogP contribution in [0.2, 0.25) is 0 Å². The van der Waals surface area contributed by atoms with Crippen LogP contribution in [0.15, 0.2) is 28.2 Å². The van der Waals surface area contributed by atoms with Crippen LogP contribution in [0.3, 0.4) is 0 Å². The van der Waals surface area contributed by atoms with Crippen LogP contribution < -0.4 is 0 Å². The van der Waals surface area contributed by atoms with Gasteiger partial charge in [0.15, 0.2) is 3.92 Å². The lowest BCUT2D eigenvalue weighted by molar-refractivity contribution is 0.955. The van der Waals surface area contributed by atoms with Gasteiger partial charge in [-0.25, -0.2) is 4.98 Å². The topological polar surface area (TPSA) is 12.9 Å². The van der Waals surface area contributed by atoms with Crippen molar-refractivity contribution in [1.29, 1.82) is 0 Å². The van der Waals surface area contributed by atoms with Crippen LogP contribution in [-0.2, 0) is 12.8 Å². The van der Waals surface area contributed by atoms with E-state index in [2.05, 4.69) is 45.2 Å². The van der Waals surface area contributed by atoms with E-state index in [9.17, 15) is 0 Å². The third-order valence-corrected chi connectivity index (χ3v) is 4.13. The first-order valence-corrected chi connectivity index (χ1v) is 6.19. The highest BCUT2D eigenvalue weighted by molar-refractivity contribution is 9.11. The molecule has 0 radical (unpaired) electrons. The van der Waals surface area contributed by atoms with Crippen molar-refractivity contribution < 1.29 is 0 Å². The number of aryl methyl sites for hydroxylation is 2. The standard InChI is InChI=1S/C11H8BrNS/c12-11-13-10-8-4-2-1-3-7(8)5-6-9(10)14-11/h1-4H,5-6H2. The van der Waals surface area contributed by atoms with Crippen LogP contribution in [0.25, 0.3) is 11.3 Å². The number of halogens is 1. The molecular formula is C11H8BrNS. The Morgan fingerprint density at radius 3 is 3.00 bits per heavy atom. The summed E-state index contributed by atoms with van der Waals surface area (Å²) in [6, 6.07) is 8.55. The maximum Gasteiger partial charge on any atom is 0.160 e. The molecule has 1 aromatic heterocycles. The van der Waals surface area contributed by atoms with Crippen LogP contribution in [0, 0.1) is 0 Å². The monoisotopic (exact) mass is 265 g/mol. The lowest BCUT2D eigenvalue weighted by atomic mass is 9.94. The number of benzene rings is 1. The number of thiazole rings is 1. The molecule has 0 bridgehead atoms. The smallest absolute Gasteiger partial charge is 0.160 e. The maximum absolute atomic E-state index is 4.53. The molecular weight excluding hydrogens is 258 g/mol. The molecule has 1 aliphatic rings. The van der Waals surface area contributed by atoms with Crippen molar-refractivity contribution in [3.63, 3.8) is 0 Å². The molecule has 1 heterocycles. The van der Waals surface area contributed by atoms with Crippen molar-refractivity contribution in [2.45, 2.75) is 12.8 Å². The van der Waals surface area contributed by atoms with E-state index in [4.69, 9.17) is 0 Å². The third-order valence-electron chi connectivity index (χ3n) is 2.57. The van der Waals surface area contributed by atoms with Crippen molar-refractivity contribution in [3.05, 3.63) is 38.6 Å². The summed E-state index contributed by atoms with van der Waals surface area (Å²) in [7, 11) is 0. The number of rotatable bonds is 0. The summed E-state index contributed by atoms with van der Waals surface area (Å²) in [5.74, 6) is 0. The second kappa shape index (κ2) is 3.17. The van der Waals surface area contributed by atoms with Gasteiger partial charge >= 0.3 is 0 Å². The number of aromatic nitrogens is 1. The van der Waals surface area contributed by atoms with Crippen LogP contribution in [-0.4, -0.2) is 4.98 Å². The van der Waals surface area contributed by atoms with Gasteiger partial charge in [0.2, 0.25) is 0 Å². The van der Waals surface area contributed by atoms with E-state index in [1.54, 1.807) is 11.3 Å². The Morgan fingerprint density at radius 2 is 2.07 bits per heavy atom. The summed E-state index contributed by atoms with van der Waals surface area (Å²) in [5.41, 5.74) is 3.93. The molecule has 0 aliphatic heterocycles. The van der Waals surface area contributed by atoms with Gasteiger partial charge < -0.3 is 0 Å². The minimum Gasteiger partial charge on any atom is -0.229 e. The first-order chi connectivity index (χ1) is 6.84. The Hall–Kier alpha value is -0.670. The lowest BCUT2D eigenvalue weighted by Gasteiger charge is -2.13. The number of nitrogens with zero attached hydrogens (tertiary/aromatic N) is 1. The molecule has 1 aliphatic carbocycles. The second-order valence-electron chi connectivity index (χ2n) is 3.40. The van der Waals surface area contributed by atoms with E-state index >= 15 is 0 Å². The summed E-state index contributed by atoms with van der Waals surface area (Å²) in [5, 5.41) is 0. The number of hydrogen-bond acceptors (Lipinski definition) is 2. The van der Waals surface area contributed by atoms with Gasteiger partial charge in [-0.15, -0.1) is 11.3 Å². The van der Waals surface area contributed by atoms with E-state index in [0.717, 1.165) is 16.8 Å². The zero-order valence-electron chi connectivity index (χ0n) is 7.46. The maximum atomic E-state index is 4.53. The molecule has 0 saturated heterocycles. The Bertz CT molecular complexity index is 490. The van der Waals surface area contributed by atoms with Gasteiger partial charge in [0, 0.05) is 10.4 Å². The molecule has 14 heavy (non-hydrogen) atoms. The van der Waals surface area contributed by atoms with Crippen molar-refractivity contribution in [2.24, 2.45) is 0 Å². The molecule has 0 amide bonds. The van der Waals surface area contributed by atoms with E-state index in [-0.39, 0.29) is 0 Å². The summed E-state index contributed by atoms with van der Waals surface area (Å²) in [6.45, 7) is 0. The Balaban J connectivity index is 2.28. The number of fused-ring (bicyclic) bond motifs is 3. The van der Waals surface area contributed by atoms with Gasteiger partial charge in [-0.05, 0) is 34.3 Å². The van der Waals surface area contributed by atoms with Gasteiger partial charge in [-0.1, -0.05) is 24.3 Å². The molecule has 1 aromatic carbocycles. The van der Waals surface area contributed by atoms with E-state index in [1.165, 1.54) is 21.7 Å². The summed E-state index contributed by atoms with van der Waals surface area (Å²) in [6.07, 6.45) is 2.29. The zero-order chi connectivity index (χ0) is 9.54. The Kier molecular flexibility index (Phi) is 1.96. The molecule has 0 unspecified atom stereocenters. The molecule has 3 heteroatoms. The largest absolute Gasteiger partial charge is 0.229 e. The fourth-order valence-corrected chi connectivity index (χ4v) is 3.48. The van der Waals surface area contributed by atoms with Crippen molar-refractivity contribution in [1.82, 2.24) is 4.98 Å². The highest BCUT2D eigenvalue weighted by atomic mass is 79.9. The molecule has 0 spiro atoms. The van der Waals surface area contributed by atoms with E-state index < -0.39 is 0 Å². The predicted molar refractivity (Wildman–Crippen MR) is 62.7 cm³/mol. The van der Waals surface area contributed by atoms with Crippen molar-refractivity contribution in [3.8, 4) is 11.3 Å². The predicted octanol–water partition coefficient (Wildman–Crippen LogP) is 3.67. The molecule has 3 rings (SSSR count). The van der Waals surface area contributed by atoms with Crippen LogP contribution >= 0.6 is 27.3 Å². The zero-order valence-corrected chi connectivity index (χ0v) is 9.86. The first-order valence-electron chi connectivity index (χ1n) is 4.58. The van der Waals surface area contributed by atoms with Crippen molar-refractivity contribution in [2.75, 3.05) is 0 Å². The first kappa shape index (κ1) is 8.62. The minimum atomic E-state index is 0.999. The molecule has 0 N–H and O–H groups in total. The average Bonchev–Trinajstić information content (AvgIpc) is 2.59. The van der Waals surface area contributed by atoms with Gasteiger partial charge in [-0.3, -0.25) is 0 Å². The average molecular weight is 266 g/mol. The van der Waals surface area contributed by atoms with Gasteiger partial charge in [0.1, 0.15) is 0 Å². The fourth-order valence-electron chi connectivity index (χ4n) is 1.92. The van der Waals surface area contributed by atoms with Crippen molar-refractivity contribution >= 4 is 27.3 Å². The quantitative estimate of drug-likeness (QED) is 0.709. The van der Waals surface area contributed by atoms with Crippen LogP contribution in [0.1, 0.15) is 10.4 Å². The van der Waals surface area contributed by atoms with Gasteiger partial charge in [0.05, 0.1) is 5.69 Å². The Labute approximate surface area is 94.9 Å². The van der Waals surface area contributed by atoms with Gasteiger partial charge in [0.25, 0.3) is 0 Å². The summed E-state index contributed by atoms with van der Waals surface area (Å²) >= 11 is 5.21. The van der Waals surface area contributed by atoms with Gasteiger partial charge in [-0.2, -0.15) is 0 Å². The third kappa shape index (κ3) is 1.23. The fraction of sp³-hybridized carbons (Fsp3) is 0.182. The molecule has 2 aromatic rings. The summed E-state index contributed by atoms with van der Waals surface area (Å²) < 4.78 is 0.999. The Morgan fingerprint density at radius 1 is 1.21 bits per heavy atom. The highest BCUT2D eigenvalue weighted by Gasteiger charge is 2.19. The molecule has 0 saturated carbocycles. The highest BCUT2D eigenvalue weighted by Crippen LogP contribution is 2.37. The minimum absolute atomic E-state index is 0.999. The molecule has 1 nitrogen and oxygen atoms in total. The molecule has 0 fully saturated rings.